The Bertz CT molecular complexity index is 394. The van der Waals surface area contributed by atoms with Crippen molar-refractivity contribution in [2.45, 2.75) is 31.5 Å². The molecular formula is C14H19F3N2. The Balaban J connectivity index is 1.97. The summed E-state index contributed by atoms with van der Waals surface area (Å²) in [5.74, 6) is 0. The molecular weight excluding hydrogens is 253 g/mol. The number of benzene rings is 1. The Morgan fingerprint density at radius 3 is 2.42 bits per heavy atom. The predicted molar refractivity (Wildman–Crippen MR) is 70.4 cm³/mol. The van der Waals surface area contributed by atoms with E-state index in [0.717, 1.165) is 37.3 Å². The number of piperidine rings is 1. The van der Waals surface area contributed by atoms with E-state index in [9.17, 15) is 13.2 Å². The fraction of sp³-hybridized carbons (Fsp3) is 0.571. The minimum absolute atomic E-state index is 0.432. The molecule has 2 rings (SSSR count). The molecule has 106 valence electrons. The molecule has 0 aromatic heterocycles. The summed E-state index contributed by atoms with van der Waals surface area (Å²) in [7, 11) is 1.92. The molecule has 1 heterocycles. The first-order chi connectivity index (χ1) is 8.97. The van der Waals surface area contributed by atoms with Crippen molar-refractivity contribution >= 4 is 5.69 Å². The maximum absolute atomic E-state index is 12.5. The van der Waals surface area contributed by atoms with Gasteiger partial charge in [0.1, 0.15) is 0 Å². The molecule has 1 N–H and O–H groups in total. The first kappa shape index (κ1) is 14.2. The number of hydrogen-bond donors (Lipinski definition) is 1. The first-order valence-electron chi connectivity index (χ1n) is 6.58. The quantitative estimate of drug-likeness (QED) is 0.908. The van der Waals surface area contributed by atoms with Crippen LogP contribution in [-0.4, -0.2) is 26.2 Å². The van der Waals surface area contributed by atoms with Gasteiger partial charge >= 0.3 is 6.18 Å². The summed E-state index contributed by atoms with van der Waals surface area (Å²) in [6.45, 7) is 1.86. The lowest BCUT2D eigenvalue weighted by Gasteiger charge is -2.29. The van der Waals surface area contributed by atoms with Gasteiger partial charge in [0, 0.05) is 25.3 Å². The predicted octanol–water partition coefficient (Wildman–Crippen LogP) is 3.28. The van der Waals surface area contributed by atoms with Crippen molar-refractivity contribution in [2.75, 3.05) is 25.0 Å². The fourth-order valence-electron chi connectivity index (χ4n) is 2.42. The SMILES string of the molecule is CN(CC1CCCCN1)c1ccc(C(F)(F)F)cc1. The molecule has 1 atom stereocenters. The monoisotopic (exact) mass is 272 g/mol. The Hall–Kier alpha value is -1.23. The molecule has 5 heteroatoms. The molecule has 19 heavy (non-hydrogen) atoms. The van der Waals surface area contributed by atoms with Crippen LogP contribution in [0, 0.1) is 0 Å². The van der Waals surface area contributed by atoms with Gasteiger partial charge in [-0.1, -0.05) is 6.42 Å². The number of hydrogen-bond acceptors (Lipinski definition) is 2. The van der Waals surface area contributed by atoms with E-state index in [-0.39, 0.29) is 0 Å². The van der Waals surface area contributed by atoms with E-state index in [1.807, 2.05) is 11.9 Å². The van der Waals surface area contributed by atoms with Crippen LogP contribution in [0.4, 0.5) is 18.9 Å². The molecule has 1 aromatic carbocycles. The van der Waals surface area contributed by atoms with Crippen molar-refractivity contribution in [3.63, 3.8) is 0 Å². The summed E-state index contributed by atoms with van der Waals surface area (Å²) in [6, 6.07) is 5.78. The van der Waals surface area contributed by atoms with Gasteiger partial charge in [-0.25, -0.2) is 0 Å². The van der Waals surface area contributed by atoms with E-state index in [1.54, 1.807) is 0 Å². The van der Waals surface area contributed by atoms with Gasteiger partial charge in [-0.2, -0.15) is 13.2 Å². The van der Waals surface area contributed by atoms with Crippen molar-refractivity contribution in [3.05, 3.63) is 29.8 Å². The van der Waals surface area contributed by atoms with Crippen molar-refractivity contribution < 1.29 is 13.2 Å². The Labute approximate surface area is 111 Å². The molecule has 1 aliphatic rings. The summed E-state index contributed by atoms with van der Waals surface area (Å²) in [6.07, 6.45) is -0.702. The van der Waals surface area contributed by atoms with Crippen molar-refractivity contribution in [2.24, 2.45) is 0 Å². The lowest BCUT2D eigenvalue weighted by molar-refractivity contribution is -0.137. The van der Waals surface area contributed by atoms with Gasteiger partial charge < -0.3 is 10.2 Å². The second-order valence-corrected chi connectivity index (χ2v) is 5.07. The van der Waals surface area contributed by atoms with E-state index in [2.05, 4.69) is 5.32 Å². The second-order valence-electron chi connectivity index (χ2n) is 5.07. The lowest BCUT2D eigenvalue weighted by Crippen LogP contribution is -2.42. The summed E-state index contributed by atoms with van der Waals surface area (Å²) >= 11 is 0. The highest BCUT2D eigenvalue weighted by atomic mass is 19.4. The van der Waals surface area contributed by atoms with Gasteiger partial charge in [-0.3, -0.25) is 0 Å². The number of rotatable bonds is 3. The van der Waals surface area contributed by atoms with E-state index in [1.165, 1.54) is 25.0 Å². The van der Waals surface area contributed by atoms with Crippen LogP contribution in [0.3, 0.4) is 0 Å². The third-order valence-electron chi connectivity index (χ3n) is 3.54. The first-order valence-corrected chi connectivity index (χ1v) is 6.58. The van der Waals surface area contributed by atoms with E-state index in [4.69, 9.17) is 0 Å². The van der Waals surface area contributed by atoms with E-state index >= 15 is 0 Å². The molecule has 1 aromatic rings. The summed E-state index contributed by atoms with van der Waals surface area (Å²) in [5, 5.41) is 3.43. The highest BCUT2D eigenvalue weighted by molar-refractivity contribution is 5.47. The van der Waals surface area contributed by atoms with Crippen molar-refractivity contribution in [3.8, 4) is 0 Å². The average molecular weight is 272 g/mol. The molecule has 0 bridgehead atoms. The van der Waals surface area contributed by atoms with Crippen molar-refractivity contribution in [1.82, 2.24) is 5.32 Å². The third-order valence-corrected chi connectivity index (χ3v) is 3.54. The van der Waals surface area contributed by atoms with Gasteiger partial charge in [0.15, 0.2) is 0 Å². The summed E-state index contributed by atoms with van der Waals surface area (Å²) < 4.78 is 37.4. The van der Waals surface area contributed by atoms with Gasteiger partial charge in [0.25, 0.3) is 0 Å². The number of nitrogens with zero attached hydrogens (tertiary/aromatic N) is 1. The highest BCUT2D eigenvalue weighted by Crippen LogP contribution is 2.30. The Kier molecular flexibility index (Phi) is 4.34. The third kappa shape index (κ3) is 3.86. The minimum atomic E-state index is -4.26. The smallest absolute Gasteiger partial charge is 0.373 e. The standard InChI is InChI=1S/C14H19F3N2/c1-19(10-12-4-2-3-9-18-12)13-7-5-11(6-8-13)14(15,16)17/h5-8,12,18H,2-4,9-10H2,1H3. The maximum Gasteiger partial charge on any atom is 0.416 e. The van der Waals surface area contributed by atoms with E-state index < -0.39 is 11.7 Å². The molecule has 2 nitrogen and oxygen atoms in total. The van der Waals surface area contributed by atoms with Crippen molar-refractivity contribution in [1.29, 1.82) is 0 Å². The topological polar surface area (TPSA) is 15.3 Å². The average Bonchev–Trinajstić information content (AvgIpc) is 2.39. The molecule has 0 amide bonds. The highest BCUT2D eigenvalue weighted by Gasteiger charge is 2.30. The Morgan fingerprint density at radius 2 is 1.89 bits per heavy atom. The lowest BCUT2D eigenvalue weighted by atomic mass is 10.0. The zero-order valence-corrected chi connectivity index (χ0v) is 11.0. The Morgan fingerprint density at radius 1 is 1.21 bits per heavy atom. The van der Waals surface area contributed by atoms with Gasteiger partial charge in [0.2, 0.25) is 0 Å². The van der Waals surface area contributed by atoms with Crippen LogP contribution in [0.15, 0.2) is 24.3 Å². The largest absolute Gasteiger partial charge is 0.416 e. The fourth-order valence-corrected chi connectivity index (χ4v) is 2.42. The zero-order valence-electron chi connectivity index (χ0n) is 11.0. The number of halogens is 3. The molecule has 1 aliphatic heterocycles. The number of anilines is 1. The van der Waals surface area contributed by atoms with Crippen LogP contribution >= 0.6 is 0 Å². The normalized spacial score (nSPS) is 20.3. The molecule has 0 aliphatic carbocycles. The molecule has 1 saturated heterocycles. The van der Waals surface area contributed by atoms with Crippen LogP contribution in [-0.2, 0) is 6.18 Å². The molecule has 0 saturated carbocycles. The molecule has 1 unspecified atom stereocenters. The van der Waals surface area contributed by atoms with Gasteiger partial charge in [-0.05, 0) is 43.7 Å². The summed E-state index contributed by atoms with van der Waals surface area (Å²) in [5.41, 5.74) is 0.223. The maximum atomic E-state index is 12.5. The zero-order chi connectivity index (χ0) is 13.9. The summed E-state index contributed by atoms with van der Waals surface area (Å²) in [4.78, 5) is 2.00. The minimum Gasteiger partial charge on any atom is -0.373 e. The number of alkyl halides is 3. The number of nitrogens with one attached hydrogen (secondary N) is 1. The van der Waals surface area contributed by atoms with Crippen LogP contribution in [0.2, 0.25) is 0 Å². The van der Waals surface area contributed by atoms with Crippen LogP contribution in [0.5, 0.6) is 0 Å². The molecule has 0 radical (unpaired) electrons. The van der Waals surface area contributed by atoms with Gasteiger partial charge in [0.05, 0.1) is 5.56 Å². The number of likely N-dealkylation sites (N-methyl/N-ethyl adjacent to an activating group) is 1. The van der Waals surface area contributed by atoms with Gasteiger partial charge in [-0.15, -0.1) is 0 Å². The van der Waals surface area contributed by atoms with E-state index in [0.29, 0.717) is 6.04 Å². The second kappa shape index (κ2) is 5.82. The van der Waals surface area contributed by atoms with Crippen LogP contribution < -0.4 is 10.2 Å². The molecule has 0 spiro atoms. The molecule has 1 fully saturated rings. The van der Waals surface area contributed by atoms with Crippen LogP contribution in [0.1, 0.15) is 24.8 Å². The van der Waals surface area contributed by atoms with Crippen LogP contribution in [0.25, 0.3) is 0 Å².